The SMILES string of the molecule is CSc1ccc(C2CCNC2)cc1. The zero-order chi connectivity index (χ0) is 9.10. The van der Waals surface area contributed by atoms with Crippen LogP contribution in [0.3, 0.4) is 0 Å². The molecule has 2 rings (SSSR count). The number of thioether (sulfide) groups is 1. The Labute approximate surface area is 83.9 Å². The van der Waals surface area contributed by atoms with Gasteiger partial charge in [-0.1, -0.05) is 12.1 Å². The Kier molecular flexibility index (Phi) is 2.91. The van der Waals surface area contributed by atoms with E-state index in [1.807, 2.05) is 0 Å². The third kappa shape index (κ3) is 2.06. The van der Waals surface area contributed by atoms with Gasteiger partial charge in [-0.3, -0.25) is 0 Å². The second-order valence-corrected chi connectivity index (χ2v) is 4.34. The monoisotopic (exact) mass is 193 g/mol. The molecule has 1 unspecified atom stereocenters. The highest BCUT2D eigenvalue weighted by molar-refractivity contribution is 7.98. The molecule has 1 saturated heterocycles. The maximum atomic E-state index is 3.39. The van der Waals surface area contributed by atoms with Crippen molar-refractivity contribution >= 4 is 11.8 Å². The quantitative estimate of drug-likeness (QED) is 0.724. The van der Waals surface area contributed by atoms with E-state index < -0.39 is 0 Å². The van der Waals surface area contributed by atoms with E-state index in [4.69, 9.17) is 0 Å². The van der Waals surface area contributed by atoms with Crippen LogP contribution in [0.4, 0.5) is 0 Å². The van der Waals surface area contributed by atoms with Gasteiger partial charge in [-0.15, -0.1) is 11.8 Å². The van der Waals surface area contributed by atoms with Gasteiger partial charge in [0.05, 0.1) is 0 Å². The standard InChI is InChI=1S/C11H15NS/c1-13-11-4-2-9(3-5-11)10-6-7-12-8-10/h2-5,10,12H,6-8H2,1H3. The van der Waals surface area contributed by atoms with Gasteiger partial charge < -0.3 is 5.32 Å². The van der Waals surface area contributed by atoms with Crippen LogP contribution in [0.15, 0.2) is 29.2 Å². The topological polar surface area (TPSA) is 12.0 Å². The molecule has 0 spiro atoms. The second kappa shape index (κ2) is 4.16. The van der Waals surface area contributed by atoms with Gasteiger partial charge in [0.1, 0.15) is 0 Å². The first kappa shape index (κ1) is 9.10. The van der Waals surface area contributed by atoms with E-state index in [-0.39, 0.29) is 0 Å². The van der Waals surface area contributed by atoms with Crippen molar-refractivity contribution in [1.82, 2.24) is 5.32 Å². The lowest BCUT2D eigenvalue weighted by Crippen LogP contribution is -2.07. The van der Waals surface area contributed by atoms with Gasteiger partial charge in [0, 0.05) is 11.4 Å². The molecule has 1 atom stereocenters. The minimum Gasteiger partial charge on any atom is -0.316 e. The summed E-state index contributed by atoms with van der Waals surface area (Å²) >= 11 is 1.80. The molecular formula is C11H15NS. The molecule has 1 aliphatic heterocycles. The molecule has 1 fully saturated rings. The Bertz CT molecular complexity index is 262. The fourth-order valence-corrected chi connectivity index (χ4v) is 2.22. The Hall–Kier alpha value is -0.470. The van der Waals surface area contributed by atoms with E-state index in [9.17, 15) is 0 Å². The molecular weight excluding hydrogens is 178 g/mol. The van der Waals surface area contributed by atoms with Crippen molar-refractivity contribution in [2.45, 2.75) is 17.2 Å². The van der Waals surface area contributed by atoms with Crippen molar-refractivity contribution in [3.05, 3.63) is 29.8 Å². The third-order valence-corrected chi connectivity index (χ3v) is 3.39. The zero-order valence-corrected chi connectivity index (χ0v) is 8.73. The molecule has 0 radical (unpaired) electrons. The Morgan fingerprint density at radius 2 is 2.08 bits per heavy atom. The Morgan fingerprint density at radius 1 is 1.31 bits per heavy atom. The number of nitrogens with one attached hydrogen (secondary N) is 1. The highest BCUT2D eigenvalue weighted by Gasteiger charge is 2.15. The second-order valence-electron chi connectivity index (χ2n) is 3.46. The number of hydrogen-bond acceptors (Lipinski definition) is 2. The molecule has 2 heteroatoms. The summed E-state index contributed by atoms with van der Waals surface area (Å²) < 4.78 is 0. The predicted octanol–water partition coefficient (Wildman–Crippen LogP) is 2.49. The van der Waals surface area contributed by atoms with E-state index in [0.717, 1.165) is 12.5 Å². The zero-order valence-electron chi connectivity index (χ0n) is 7.92. The first-order chi connectivity index (χ1) is 6.40. The van der Waals surface area contributed by atoms with Gasteiger partial charge in [-0.2, -0.15) is 0 Å². The Morgan fingerprint density at radius 3 is 2.62 bits per heavy atom. The van der Waals surface area contributed by atoms with E-state index >= 15 is 0 Å². The first-order valence-electron chi connectivity index (χ1n) is 4.75. The van der Waals surface area contributed by atoms with Crippen molar-refractivity contribution < 1.29 is 0 Å². The van der Waals surface area contributed by atoms with Gasteiger partial charge in [0.2, 0.25) is 0 Å². The van der Waals surface area contributed by atoms with Crippen LogP contribution in [-0.2, 0) is 0 Å². The summed E-state index contributed by atoms with van der Waals surface area (Å²) in [4.78, 5) is 1.36. The summed E-state index contributed by atoms with van der Waals surface area (Å²) in [7, 11) is 0. The van der Waals surface area contributed by atoms with E-state index in [2.05, 4.69) is 35.8 Å². The first-order valence-corrected chi connectivity index (χ1v) is 5.97. The van der Waals surface area contributed by atoms with E-state index in [1.165, 1.54) is 23.4 Å². The van der Waals surface area contributed by atoms with Crippen molar-refractivity contribution in [2.75, 3.05) is 19.3 Å². The average molecular weight is 193 g/mol. The molecule has 1 aromatic carbocycles. The molecule has 0 amide bonds. The smallest absolute Gasteiger partial charge is 0.00693 e. The summed E-state index contributed by atoms with van der Waals surface area (Å²) in [5.41, 5.74) is 1.49. The summed E-state index contributed by atoms with van der Waals surface area (Å²) in [6, 6.07) is 8.98. The fourth-order valence-electron chi connectivity index (χ4n) is 1.82. The lowest BCUT2D eigenvalue weighted by molar-refractivity contribution is 0.762. The normalized spacial score (nSPS) is 22.1. The van der Waals surface area contributed by atoms with Crippen molar-refractivity contribution in [3.63, 3.8) is 0 Å². The molecule has 13 heavy (non-hydrogen) atoms. The molecule has 70 valence electrons. The molecule has 0 saturated carbocycles. The van der Waals surface area contributed by atoms with Gasteiger partial charge in [-0.25, -0.2) is 0 Å². The minimum atomic E-state index is 0.746. The summed E-state index contributed by atoms with van der Waals surface area (Å²) in [5.74, 6) is 0.746. The summed E-state index contributed by atoms with van der Waals surface area (Å²) in [5, 5.41) is 3.39. The average Bonchev–Trinajstić information content (AvgIpc) is 2.71. The highest BCUT2D eigenvalue weighted by atomic mass is 32.2. The van der Waals surface area contributed by atoms with Gasteiger partial charge in [-0.05, 0) is 42.8 Å². The lowest BCUT2D eigenvalue weighted by Gasteiger charge is -2.08. The van der Waals surface area contributed by atoms with E-state index in [1.54, 1.807) is 11.8 Å². The largest absolute Gasteiger partial charge is 0.316 e. The number of benzene rings is 1. The van der Waals surface area contributed by atoms with Crippen molar-refractivity contribution in [1.29, 1.82) is 0 Å². The Balaban J connectivity index is 2.12. The summed E-state index contributed by atoms with van der Waals surface area (Å²) in [6.07, 6.45) is 3.41. The summed E-state index contributed by atoms with van der Waals surface area (Å²) in [6.45, 7) is 2.33. The maximum absolute atomic E-state index is 3.39. The molecule has 1 nitrogen and oxygen atoms in total. The molecule has 1 aromatic rings. The van der Waals surface area contributed by atoms with Crippen LogP contribution in [-0.4, -0.2) is 19.3 Å². The number of rotatable bonds is 2. The maximum Gasteiger partial charge on any atom is 0.00693 e. The van der Waals surface area contributed by atoms with Gasteiger partial charge in [0.25, 0.3) is 0 Å². The molecule has 1 heterocycles. The molecule has 0 aromatic heterocycles. The lowest BCUT2D eigenvalue weighted by atomic mass is 9.99. The predicted molar refractivity (Wildman–Crippen MR) is 58.5 cm³/mol. The third-order valence-electron chi connectivity index (χ3n) is 2.65. The van der Waals surface area contributed by atoms with Crippen LogP contribution >= 0.6 is 11.8 Å². The van der Waals surface area contributed by atoms with E-state index in [0.29, 0.717) is 0 Å². The molecule has 1 aliphatic rings. The van der Waals surface area contributed by atoms with Crippen LogP contribution < -0.4 is 5.32 Å². The van der Waals surface area contributed by atoms with Crippen LogP contribution in [0, 0.1) is 0 Å². The van der Waals surface area contributed by atoms with Gasteiger partial charge in [0.15, 0.2) is 0 Å². The number of hydrogen-bond donors (Lipinski definition) is 1. The van der Waals surface area contributed by atoms with Crippen LogP contribution in [0.1, 0.15) is 17.9 Å². The van der Waals surface area contributed by atoms with Crippen LogP contribution in [0.5, 0.6) is 0 Å². The molecule has 0 bridgehead atoms. The minimum absolute atomic E-state index is 0.746. The molecule has 1 N–H and O–H groups in total. The van der Waals surface area contributed by atoms with Crippen molar-refractivity contribution in [3.8, 4) is 0 Å². The highest BCUT2D eigenvalue weighted by Crippen LogP contribution is 2.24. The van der Waals surface area contributed by atoms with Crippen LogP contribution in [0.2, 0.25) is 0 Å². The van der Waals surface area contributed by atoms with Crippen molar-refractivity contribution in [2.24, 2.45) is 0 Å². The molecule has 0 aliphatic carbocycles. The van der Waals surface area contributed by atoms with Gasteiger partial charge >= 0.3 is 0 Å². The fraction of sp³-hybridized carbons (Fsp3) is 0.455. The van der Waals surface area contributed by atoms with Crippen LogP contribution in [0.25, 0.3) is 0 Å².